The molecular formula is C20H21N3O2S. The number of amides is 1. The van der Waals surface area contributed by atoms with E-state index in [2.05, 4.69) is 22.4 Å². The molecule has 0 aliphatic carbocycles. The van der Waals surface area contributed by atoms with Crippen molar-refractivity contribution in [1.29, 1.82) is 0 Å². The van der Waals surface area contributed by atoms with Crippen molar-refractivity contribution in [2.45, 2.75) is 11.7 Å². The van der Waals surface area contributed by atoms with Gasteiger partial charge in [-0.05, 0) is 28.8 Å². The van der Waals surface area contributed by atoms with Crippen molar-refractivity contribution in [2.24, 2.45) is 7.05 Å². The average molecular weight is 367 g/mol. The Bertz CT molecular complexity index is 858. The topological polar surface area (TPSA) is 56.1 Å². The predicted octanol–water partition coefficient (Wildman–Crippen LogP) is 3.50. The van der Waals surface area contributed by atoms with Gasteiger partial charge in [-0.3, -0.25) is 4.79 Å². The van der Waals surface area contributed by atoms with Gasteiger partial charge in [-0.25, -0.2) is 4.98 Å². The molecule has 1 aromatic heterocycles. The number of carbonyl (C=O) groups is 1. The zero-order chi connectivity index (χ0) is 18.4. The number of rotatable bonds is 7. The van der Waals surface area contributed by atoms with Crippen LogP contribution in [0.4, 0.5) is 0 Å². The van der Waals surface area contributed by atoms with Crippen LogP contribution in [0.1, 0.15) is 5.56 Å². The van der Waals surface area contributed by atoms with Gasteiger partial charge in [0, 0.05) is 26.0 Å². The molecule has 1 amide bonds. The van der Waals surface area contributed by atoms with Gasteiger partial charge in [-0.2, -0.15) is 0 Å². The Morgan fingerprint density at radius 2 is 1.77 bits per heavy atom. The van der Waals surface area contributed by atoms with Crippen molar-refractivity contribution in [3.63, 3.8) is 0 Å². The van der Waals surface area contributed by atoms with Gasteiger partial charge in [0.2, 0.25) is 5.91 Å². The molecule has 0 atom stereocenters. The van der Waals surface area contributed by atoms with Crippen molar-refractivity contribution < 1.29 is 9.53 Å². The molecule has 0 fully saturated rings. The number of hydrogen-bond donors (Lipinski definition) is 1. The highest BCUT2D eigenvalue weighted by atomic mass is 32.2. The Kier molecular flexibility index (Phi) is 5.96. The summed E-state index contributed by atoms with van der Waals surface area (Å²) in [6.07, 6.45) is 3.59. The lowest BCUT2D eigenvalue weighted by Crippen LogP contribution is -2.24. The maximum atomic E-state index is 12.0. The van der Waals surface area contributed by atoms with Crippen molar-refractivity contribution in [3.8, 4) is 16.9 Å². The molecule has 2 aromatic carbocycles. The lowest BCUT2D eigenvalue weighted by Gasteiger charge is -2.07. The minimum Gasteiger partial charge on any atom is -0.497 e. The molecule has 5 nitrogen and oxygen atoms in total. The second-order valence-corrected chi connectivity index (χ2v) is 6.75. The van der Waals surface area contributed by atoms with Crippen LogP contribution in [0.3, 0.4) is 0 Å². The van der Waals surface area contributed by atoms with Gasteiger partial charge < -0.3 is 14.6 Å². The first kappa shape index (κ1) is 18.1. The molecule has 3 aromatic rings. The third-order valence-corrected chi connectivity index (χ3v) is 5.03. The summed E-state index contributed by atoms with van der Waals surface area (Å²) in [6.45, 7) is 0.517. The molecule has 3 rings (SSSR count). The van der Waals surface area contributed by atoms with Crippen LogP contribution in [0, 0.1) is 0 Å². The molecule has 6 heteroatoms. The molecule has 0 aliphatic heterocycles. The Morgan fingerprint density at radius 1 is 1.12 bits per heavy atom. The second kappa shape index (κ2) is 8.58. The Hall–Kier alpha value is -2.73. The van der Waals surface area contributed by atoms with Crippen LogP contribution >= 0.6 is 11.8 Å². The molecule has 1 heterocycles. The van der Waals surface area contributed by atoms with Crippen molar-refractivity contribution in [1.82, 2.24) is 14.9 Å². The van der Waals surface area contributed by atoms with Gasteiger partial charge in [-0.15, -0.1) is 0 Å². The molecule has 0 aliphatic rings. The maximum absolute atomic E-state index is 12.0. The van der Waals surface area contributed by atoms with Crippen LogP contribution in [0.15, 0.2) is 66.1 Å². The molecule has 0 unspecified atom stereocenters. The van der Waals surface area contributed by atoms with E-state index in [1.54, 1.807) is 13.3 Å². The number of aryl methyl sites for hydroxylation is 1. The first-order valence-corrected chi connectivity index (χ1v) is 9.24. The number of ether oxygens (including phenoxy) is 1. The van der Waals surface area contributed by atoms with Gasteiger partial charge in [0.1, 0.15) is 5.75 Å². The monoisotopic (exact) mass is 367 g/mol. The highest BCUT2D eigenvalue weighted by molar-refractivity contribution is 7.99. The number of methoxy groups -OCH3 is 1. The Morgan fingerprint density at radius 3 is 2.35 bits per heavy atom. The third-order valence-electron chi connectivity index (χ3n) is 3.98. The van der Waals surface area contributed by atoms with E-state index in [1.807, 2.05) is 54.2 Å². The summed E-state index contributed by atoms with van der Waals surface area (Å²) in [5.41, 5.74) is 3.33. The summed E-state index contributed by atoms with van der Waals surface area (Å²) in [7, 11) is 3.57. The number of imidazole rings is 1. The van der Waals surface area contributed by atoms with Gasteiger partial charge in [0.05, 0.1) is 12.9 Å². The van der Waals surface area contributed by atoms with Gasteiger partial charge >= 0.3 is 0 Å². The van der Waals surface area contributed by atoms with Crippen LogP contribution in [0.2, 0.25) is 0 Å². The summed E-state index contributed by atoms with van der Waals surface area (Å²) < 4.78 is 7.08. The fourth-order valence-electron chi connectivity index (χ4n) is 2.47. The van der Waals surface area contributed by atoms with Crippen molar-refractivity contribution in [3.05, 3.63) is 66.5 Å². The van der Waals surface area contributed by atoms with E-state index in [-0.39, 0.29) is 5.91 Å². The number of aromatic nitrogens is 2. The Balaban J connectivity index is 1.50. The van der Waals surface area contributed by atoms with E-state index in [0.717, 1.165) is 27.6 Å². The summed E-state index contributed by atoms with van der Waals surface area (Å²) in [4.78, 5) is 16.2. The lowest BCUT2D eigenvalue weighted by atomic mass is 10.0. The van der Waals surface area contributed by atoms with E-state index >= 15 is 0 Å². The van der Waals surface area contributed by atoms with E-state index in [9.17, 15) is 4.79 Å². The molecule has 0 radical (unpaired) electrons. The fraction of sp³-hybridized carbons (Fsp3) is 0.200. The lowest BCUT2D eigenvalue weighted by molar-refractivity contribution is -0.118. The summed E-state index contributed by atoms with van der Waals surface area (Å²) in [5, 5.41) is 3.78. The summed E-state index contributed by atoms with van der Waals surface area (Å²) in [6, 6.07) is 16.1. The van der Waals surface area contributed by atoms with Crippen molar-refractivity contribution in [2.75, 3.05) is 12.9 Å². The minimum atomic E-state index is -0.00256. The molecule has 0 bridgehead atoms. The van der Waals surface area contributed by atoms with E-state index < -0.39 is 0 Å². The number of carbonyl (C=O) groups excluding carboxylic acids is 1. The number of hydrogen-bond acceptors (Lipinski definition) is 4. The number of benzene rings is 2. The zero-order valence-electron chi connectivity index (χ0n) is 14.8. The SMILES string of the molecule is COc1ccc(-c2ccc(CNC(=O)CSc3nccn3C)cc2)cc1. The van der Waals surface area contributed by atoms with Crippen LogP contribution in [0.25, 0.3) is 11.1 Å². The molecule has 26 heavy (non-hydrogen) atoms. The molecular weight excluding hydrogens is 346 g/mol. The molecule has 0 spiro atoms. The van der Waals surface area contributed by atoms with Crippen LogP contribution in [-0.2, 0) is 18.4 Å². The molecule has 1 N–H and O–H groups in total. The molecule has 134 valence electrons. The van der Waals surface area contributed by atoms with Crippen LogP contribution < -0.4 is 10.1 Å². The highest BCUT2D eigenvalue weighted by Gasteiger charge is 2.06. The van der Waals surface area contributed by atoms with E-state index in [1.165, 1.54) is 11.8 Å². The zero-order valence-corrected chi connectivity index (χ0v) is 15.6. The van der Waals surface area contributed by atoms with E-state index in [4.69, 9.17) is 4.74 Å². The fourth-order valence-corrected chi connectivity index (χ4v) is 3.23. The quantitative estimate of drug-likeness (QED) is 0.650. The maximum Gasteiger partial charge on any atom is 0.230 e. The standard InChI is InChI=1S/C20H21N3O2S/c1-23-12-11-21-20(23)26-14-19(24)22-13-15-3-5-16(6-4-15)17-7-9-18(25-2)10-8-17/h3-12H,13-14H2,1-2H3,(H,22,24). The summed E-state index contributed by atoms with van der Waals surface area (Å²) in [5.74, 6) is 1.20. The highest BCUT2D eigenvalue weighted by Crippen LogP contribution is 2.22. The number of nitrogens with one attached hydrogen (secondary N) is 1. The number of thioether (sulfide) groups is 1. The smallest absolute Gasteiger partial charge is 0.230 e. The van der Waals surface area contributed by atoms with E-state index in [0.29, 0.717) is 12.3 Å². The normalized spacial score (nSPS) is 10.5. The largest absolute Gasteiger partial charge is 0.497 e. The third kappa shape index (κ3) is 4.67. The van der Waals surface area contributed by atoms with Crippen molar-refractivity contribution >= 4 is 17.7 Å². The predicted molar refractivity (Wildman–Crippen MR) is 104 cm³/mol. The first-order valence-electron chi connectivity index (χ1n) is 8.26. The van der Waals surface area contributed by atoms with Crippen LogP contribution in [-0.4, -0.2) is 28.3 Å². The van der Waals surface area contributed by atoms with Crippen LogP contribution in [0.5, 0.6) is 5.75 Å². The van der Waals surface area contributed by atoms with Gasteiger partial charge in [-0.1, -0.05) is 48.2 Å². The molecule has 0 saturated carbocycles. The number of nitrogens with zero attached hydrogens (tertiary/aromatic N) is 2. The second-order valence-electron chi connectivity index (χ2n) is 5.81. The van der Waals surface area contributed by atoms with Gasteiger partial charge in [0.25, 0.3) is 0 Å². The Labute approximate surface area is 157 Å². The first-order chi connectivity index (χ1) is 12.7. The summed E-state index contributed by atoms with van der Waals surface area (Å²) >= 11 is 1.43. The average Bonchev–Trinajstić information content (AvgIpc) is 3.10. The minimum absolute atomic E-state index is 0.00256. The molecule has 0 saturated heterocycles. The van der Waals surface area contributed by atoms with Gasteiger partial charge in [0.15, 0.2) is 5.16 Å².